The third-order valence-electron chi connectivity index (χ3n) is 5.92. The molecule has 3 nitrogen and oxygen atoms in total. The van der Waals surface area contributed by atoms with Gasteiger partial charge in [-0.3, -0.25) is 4.79 Å². The second-order valence-electron chi connectivity index (χ2n) is 7.44. The summed E-state index contributed by atoms with van der Waals surface area (Å²) in [6.07, 6.45) is 14.1. The fourth-order valence-electron chi connectivity index (χ4n) is 4.77. The SMILES string of the molecule is NC1(CC(=O)N2CCCC3CCCCC32)CCCCC1. The molecule has 0 bridgehead atoms. The van der Waals surface area contributed by atoms with Gasteiger partial charge in [-0.1, -0.05) is 32.1 Å². The van der Waals surface area contributed by atoms with Crippen LogP contribution in [0, 0.1) is 5.92 Å². The molecule has 2 N–H and O–H groups in total. The van der Waals surface area contributed by atoms with Crippen LogP contribution in [0.5, 0.6) is 0 Å². The van der Waals surface area contributed by atoms with Crippen molar-refractivity contribution in [1.29, 1.82) is 0 Å². The molecule has 2 aliphatic carbocycles. The highest BCUT2D eigenvalue weighted by atomic mass is 16.2. The number of rotatable bonds is 2. The van der Waals surface area contributed by atoms with Crippen LogP contribution in [-0.4, -0.2) is 28.9 Å². The molecule has 3 rings (SSSR count). The van der Waals surface area contributed by atoms with E-state index in [9.17, 15) is 4.79 Å². The number of fused-ring (bicyclic) bond motifs is 1. The number of carbonyl (C=O) groups excluding carboxylic acids is 1. The number of hydrogen-bond acceptors (Lipinski definition) is 2. The van der Waals surface area contributed by atoms with Crippen molar-refractivity contribution in [2.45, 2.75) is 88.6 Å². The van der Waals surface area contributed by atoms with Gasteiger partial charge in [-0.2, -0.15) is 0 Å². The summed E-state index contributed by atoms with van der Waals surface area (Å²) in [6.45, 7) is 0.982. The molecule has 3 heteroatoms. The summed E-state index contributed by atoms with van der Waals surface area (Å²) in [7, 11) is 0. The third kappa shape index (κ3) is 3.03. The molecule has 1 amide bonds. The average Bonchev–Trinajstić information content (AvgIpc) is 2.47. The van der Waals surface area contributed by atoms with Crippen molar-refractivity contribution in [3.05, 3.63) is 0 Å². The lowest BCUT2D eigenvalue weighted by atomic mass is 9.76. The van der Waals surface area contributed by atoms with Gasteiger partial charge in [-0.25, -0.2) is 0 Å². The highest BCUT2D eigenvalue weighted by molar-refractivity contribution is 5.78. The summed E-state index contributed by atoms with van der Waals surface area (Å²) in [6, 6.07) is 0.539. The molecule has 1 aliphatic heterocycles. The van der Waals surface area contributed by atoms with Gasteiger partial charge in [0.2, 0.25) is 5.91 Å². The number of piperidine rings is 1. The Morgan fingerprint density at radius 1 is 1.00 bits per heavy atom. The van der Waals surface area contributed by atoms with Gasteiger partial charge >= 0.3 is 0 Å². The molecule has 0 spiro atoms. The Balaban J connectivity index is 1.63. The van der Waals surface area contributed by atoms with E-state index in [-0.39, 0.29) is 5.54 Å². The number of carbonyl (C=O) groups is 1. The predicted molar refractivity (Wildman–Crippen MR) is 81.3 cm³/mol. The van der Waals surface area contributed by atoms with Crippen molar-refractivity contribution < 1.29 is 4.79 Å². The van der Waals surface area contributed by atoms with Gasteiger partial charge in [0.05, 0.1) is 0 Å². The van der Waals surface area contributed by atoms with Crippen LogP contribution in [-0.2, 0) is 4.79 Å². The average molecular weight is 278 g/mol. The van der Waals surface area contributed by atoms with Crippen LogP contribution in [0.2, 0.25) is 0 Å². The van der Waals surface area contributed by atoms with Crippen LogP contribution in [0.4, 0.5) is 0 Å². The maximum Gasteiger partial charge on any atom is 0.224 e. The molecule has 114 valence electrons. The Labute approximate surface area is 123 Å². The third-order valence-corrected chi connectivity index (χ3v) is 5.92. The van der Waals surface area contributed by atoms with Crippen molar-refractivity contribution in [2.75, 3.05) is 6.54 Å². The van der Waals surface area contributed by atoms with Crippen LogP contribution in [0.15, 0.2) is 0 Å². The van der Waals surface area contributed by atoms with Gasteiger partial charge in [0.15, 0.2) is 0 Å². The Morgan fingerprint density at radius 2 is 1.70 bits per heavy atom. The highest BCUT2D eigenvalue weighted by Crippen LogP contribution is 2.37. The molecule has 2 saturated carbocycles. The van der Waals surface area contributed by atoms with E-state index in [1.165, 1.54) is 57.8 Å². The fraction of sp³-hybridized carbons (Fsp3) is 0.941. The minimum Gasteiger partial charge on any atom is -0.339 e. The summed E-state index contributed by atoms with van der Waals surface area (Å²) in [5, 5.41) is 0. The topological polar surface area (TPSA) is 46.3 Å². The molecule has 2 unspecified atom stereocenters. The number of likely N-dealkylation sites (tertiary alicyclic amines) is 1. The lowest BCUT2D eigenvalue weighted by molar-refractivity contribution is -0.139. The lowest BCUT2D eigenvalue weighted by Gasteiger charge is -2.45. The second-order valence-corrected chi connectivity index (χ2v) is 7.44. The van der Waals surface area contributed by atoms with Gasteiger partial charge < -0.3 is 10.6 Å². The summed E-state index contributed by atoms with van der Waals surface area (Å²) < 4.78 is 0. The Bertz CT molecular complexity index is 347. The van der Waals surface area contributed by atoms with Crippen LogP contribution >= 0.6 is 0 Å². The zero-order valence-corrected chi connectivity index (χ0v) is 12.8. The van der Waals surface area contributed by atoms with Crippen molar-refractivity contribution in [2.24, 2.45) is 11.7 Å². The first-order valence-electron chi connectivity index (χ1n) is 8.76. The molecular formula is C17H30N2O. The van der Waals surface area contributed by atoms with Gasteiger partial charge in [-0.15, -0.1) is 0 Å². The Hall–Kier alpha value is -0.570. The molecule has 0 aromatic carbocycles. The zero-order chi connectivity index (χ0) is 14.0. The normalized spacial score (nSPS) is 33.5. The van der Waals surface area contributed by atoms with Crippen molar-refractivity contribution in [3.8, 4) is 0 Å². The van der Waals surface area contributed by atoms with Crippen LogP contribution in [0.1, 0.15) is 77.0 Å². The molecular weight excluding hydrogens is 248 g/mol. The standard InChI is InChI=1S/C17H30N2O/c18-17(10-4-1-5-11-17)13-16(20)19-12-6-8-14-7-2-3-9-15(14)19/h14-15H,1-13,18H2. The zero-order valence-electron chi connectivity index (χ0n) is 12.8. The van der Waals surface area contributed by atoms with Crippen LogP contribution < -0.4 is 5.73 Å². The molecule has 3 fully saturated rings. The van der Waals surface area contributed by atoms with E-state index in [1.54, 1.807) is 0 Å². The summed E-state index contributed by atoms with van der Waals surface area (Å²) in [5.41, 5.74) is 6.29. The first-order valence-corrected chi connectivity index (χ1v) is 8.76. The highest BCUT2D eigenvalue weighted by Gasteiger charge is 2.38. The van der Waals surface area contributed by atoms with Gasteiger partial charge in [0.25, 0.3) is 0 Å². The van der Waals surface area contributed by atoms with Crippen LogP contribution in [0.25, 0.3) is 0 Å². The predicted octanol–water partition coefficient (Wildman–Crippen LogP) is 3.22. The van der Waals surface area contributed by atoms with E-state index in [0.717, 1.165) is 25.3 Å². The van der Waals surface area contributed by atoms with E-state index in [1.807, 2.05) is 0 Å². The molecule has 1 saturated heterocycles. The summed E-state index contributed by atoms with van der Waals surface area (Å²) >= 11 is 0. The number of hydrogen-bond donors (Lipinski definition) is 1. The van der Waals surface area contributed by atoms with Crippen molar-refractivity contribution in [1.82, 2.24) is 4.90 Å². The minimum atomic E-state index is -0.197. The Kier molecular flexibility index (Phi) is 4.34. The quantitative estimate of drug-likeness (QED) is 0.843. The van der Waals surface area contributed by atoms with Crippen LogP contribution in [0.3, 0.4) is 0 Å². The van der Waals surface area contributed by atoms with Crippen molar-refractivity contribution in [3.63, 3.8) is 0 Å². The van der Waals surface area contributed by atoms with Gasteiger partial charge in [0.1, 0.15) is 0 Å². The van der Waals surface area contributed by atoms with Crippen molar-refractivity contribution >= 4 is 5.91 Å². The van der Waals surface area contributed by atoms with E-state index < -0.39 is 0 Å². The van der Waals surface area contributed by atoms with Gasteiger partial charge in [-0.05, 0) is 44.4 Å². The first kappa shape index (κ1) is 14.4. The molecule has 0 radical (unpaired) electrons. The maximum atomic E-state index is 12.8. The Morgan fingerprint density at radius 3 is 2.50 bits per heavy atom. The lowest BCUT2D eigenvalue weighted by Crippen LogP contribution is -2.53. The number of nitrogens with two attached hydrogens (primary N) is 1. The first-order chi connectivity index (χ1) is 9.68. The molecule has 0 aromatic heterocycles. The van der Waals surface area contributed by atoms with E-state index in [0.29, 0.717) is 18.4 Å². The largest absolute Gasteiger partial charge is 0.339 e. The van der Waals surface area contributed by atoms with E-state index in [2.05, 4.69) is 4.90 Å². The molecule has 2 atom stereocenters. The second kappa shape index (κ2) is 6.05. The molecule has 20 heavy (non-hydrogen) atoms. The fourth-order valence-corrected chi connectivity index (χ4v) is 4.77. The summed E-state index contributed by atoms with van der Waals surface area (Å²) in [5.74, 6) is 1.13. The van der Waals surface area contributed by atoms with Gasteiger partial charge in [0, 0.05) is 24.5 Å². The molecule has 1 heterocycles. The number of nitrogens with zero attached hydrogens (tertiary/aromatic N) is 1. The number of amides is 1. The monoisotopic (exact) mass is 278 g/mol. The van der Waals surface area contributed by atoms with E-state index >= 15 is 0 Å². The summed E-state index contributed by atoms with van der Waals surface area (Å²) in [4.78, 5) is 15.0. The maximum absolute atomic E-state index is 12.8. The van der Waals surface area contributed by atoms with E-state index in [4.69, 9.17) is 5.73 Å². The minimum absolute atomic E-state index is 0.197. The smallest absolute Gasteiger partial charge is 0.224 e. The molecule has 3 aliphatic rings. The molecule has 0 aromatic rings.